The highest BCUT2D eigenvalue weighted by atomic mass is 79.9. The molecule has 0 aromatic heterocycles. The van der Waals surface area contributed by atoms with Gasteiger partial charge in [0.25, 0.3) is 0 Å². The number of carbonyl (C=O) groups is 2. The smallest absolute Gasteiger partial charge is 0.249 e. The normalized spacial score (nSPS) is 32.4. The molecule has 1 aliphatic heterocycles. The lowest BCUT2D eigenvalue weighted by Gasteiger charge is -2.44. The highest BCUT2D eigenvalue weighted by Crippen LogP contribution is 2.42. The number of rotatable bonds is 4. The molecule has 1 heterocycles. The molecule has 18 heavy (non-hydrogen) atoms. The molecule has 0 spiro atoms. The van der Waals surface area contributed by atoms with Crippen LogP contribution >= 0.6 is 15.9 Å². The van der Waals surface area contributed by atoms with Crippen molar-refractivity contribution in [1.82, 2.24) is 10.2 Å². The number of amides is 2. The largest absolute Gasteiger partial charge is 0.340 e. The monoisotopic (exact) mass is 314 g/mol. The van der Waals surface area contributed by atoms with Gasteiger partial charge in [-0.25, -0.2) is 0 Å². The molecule has 5 heteroatoms. The van der Waals surface area contributed by atoms with E-state index in [0.717, 1.165) is 17.3 Å². The Kier molecular flexibility index (Phi) is 3.54. The van der Waals surface area contributed by atoms with E-state index >= 15 is 0 Å². The van der Waals surface area contributed by atoms with Crippen molar-refractivity contribution in [2.45, 2.75) is 44.7 Å². The quantitative estimate of drug-likeness (QED) is 0.860. The third-order valence-corrected chi connectivity index (χ3v) is 4.14. The second-order valence-electron chi connectivity index (χ2n) is 5.34. The van der Waals surface area contributed by atoms with Gasteiger partial charge in [-0.15, -0.1) is 0 Å². The van der Waals surface area contributed by atoms with Crippen LogP contribution < -0.4 is 5.32 Å². The molecule has 2 rings (SSSR count). The molecular weight excluding hydrogens is 296 g/mol. The van der Waals surface area contributed by atoms with Crippen LogP contribution in [0.2, 0.25) is 0 Å². The molecule has 1 aliphatic carbocycles. The summed E-state index contributed by atoms with van der Waals surface area (Å²) >= 11 is 3.28. The third-order valence-electron chi connectivity index (χ3n) is 3.89. The fourth-order valence-electron chi connectivity index (χ4n) is 2.68. The lowest BCUT2D eigenvalue weighted by Crippen LogP contribution is -2.70. The van der Waals surface area contributed by atoms with Gasteiger partial charge in [0.05, 0.1) is 6.54 Å². The molecule has 1 saturated carbocycles. The predicted molar refractivity (Wildman–Crippen MR) is 73.1 cm³/mol. The van der Waals surface area contributed by atoms with Crippen LogP contribution in [0.15, 0.2) is 11.1 Å². The molecular formula is C13H19BrN2O2. The summed E-state index contributed by atoms with van der Waals surface area (Å²) in [5, 5.41) is 2.93. The zero-order valence-electron chi connectivity index (χ0n) is 10.8. The maximum Gasteiger partial charge on any atom is 0.249 e. The molecule has 2 unspecified atom stereocenters. The molecule has 0 radical (unpaired) electrons. The summed E-state index contributed by atoms with van der Waals surface area (Å²) < 4.78 is 0.724. The van der Waals surface area contributed by atoms with Crippen LogP contribution in [-0.4, -0.2) is 34.8 Å². The van der Waals surface area contributed by atoms with Crippen molar-refractivity contribution >= 4 is 27.7 Å². The Balaban J connectivity index is 2.28. The van der Waals surface area contributed by atoms with Gasteiger partial charge in [-0.1, -0.05) is 29.4 Å². The summed E-state index contributed by atoms with van der Waals surface area (Å²) in [6.07, 6.45) is 2.66. The second kappa shape index (κ2) is 4.68. The van der Waals surface area contributed by atoms with Gasteiger partial charge in [-0.05, 0) is 32.1 Å². The van der Waals surface area contributed by atoms with Crippen molar-refractivity contribution in [2.75, 3.05) is 6.54 Å². The average molecular weight is 315 g/mol. The minimum absolute atomic E-state index is 0.0250. The van der Waals surface area contributed by atoms with Crippen LogP contribution in [0.1, 0.15) is 33.1 Å². The van der Waals surface area contributed by atoms with Crippen LogP contribution in [0.4, 0.5) is 0 Å². The molecule has 2 aliphatic rings. The van der Waals surface area contributed by atoms with Crippen LogP contribution in [0, 0.1) is 5.92 Å². The predicted octanol–water partition coefficient (Wildman–Crippen LogP) is 1.80. The first-order chi connectivity index (χ1) is 8.40. The summed E-state index contributed by atoms with van der Waals surface area (Å²) in [6.45, 7) is 7.94. The van der Waals surface area contributed by atoms with Crippen molar-refractivity contribution in [1.29, 1.82) is 0 Å². The first-order valence-corrected chi connectivity index (χ1v) is 7.15. The average Bonchev–Trinajstić information content (AvgIpc) is 3.09. The van der Waals surface area contributed by atoms with Gasteiger partial charge < -0.3 is 10.2 Å². The van der Waals surface area contributed by atoms with Gasteiger partial charge in [0.1, 0.15) is 11.6 Å². The molecule has 2 fully saturated rings. The zero-order valence-corrected chi connectivity index (χ0v) is 12.4. The van der Waals surface area contributed by atoms with Crippen LogP contribution in [0.25, 0.3) is 0 Å². The van der Waals surface area contributed by atoms with Crippen molar-refractivity contribution in [3.63, 3.8) is 0 Å². The fraction of sp³-hybridized carbons (Fsp3) is 0.692. The van der Waals surface area contributed by atoms with E-state index in [1.165, 1.54) is 0 Å². The van der Waals surface area contributed by atoms with E-state index in [-0.39, 0.29) is 23.8 Å². The molecule has 0 aromatic carbocycles. The number of nitrogens with zero attached hydrogens (tertiary/aromatic N) is 1. The Bertz CT molecular complexity index is 406. The second-order valence-corrected chi connectivity index (χ2v) is 6.46. The van der Waals surface area contributed by atoms with E-state index in [0.29, 0.717) is 13.0 Å². The van der Waals surface area contributed by atoms with Crippen molar-refractivity contribution in [3.8, 4) is 0 Å². The van der Waals surface area contributed by atoms with E-state index < -0.39 is 5.54 Å². The fourth-order valence-corrected chi connectivity index (χ4v) is 2.95. The number of carbonyl (C=O) groups excluding carboxylic acids is 2. The lowest BCUT2D eigenvalue weighted by atomic mass is 9.89. The van der Waals surface area contributed by atoms with E-state index in [1.807, 2.05) is 13.8 Å². The molecule has 0 aromatic rings. The first-order valence-electron chi connectivity index (χ1n) is 6.36. The Morgan fingerprint density at radius 1 is 1.56 bits per heavy atom. The van der Waals surface area contributed by atoms with Crippen LogP contribution in [0.5, 0.6) is 0 Å². The summed E-state index contributed by atoms with van der Waals surface area (Å²) in [5.41, 5.74) is -0.717. The highest BCUT2D eigenvalue weighted by molar-refractivity contribution is 9.11. The lowest BCUT2D eigenvalue weighted by molar-refractivity contribution is -0.154. The van der Waals surface area contributed by atoms with Gasteiger partial charge in [-0.3, -0.25) is 9.59 Å². The molecule has 2 amide bonds. The Morgan fingerprint density at radius 3 is 2.61 bits per heavy atom. The van der Waals surface area contributed by atoms with E-state index in [4.69, 9.17) is 0 Å². The number of hydrogen-bond donors (Lipinski definition) is 1. The van der Waals surface area contributed by atoms with Gasteiger partial charge in [0, 0.05) is 4.48 Å². The van der Waals surface area contributed by atoms with Gasteiger partial charge in [0.15, 0.2) is 0 Å². The third kappa shape index (κ3) is 2.20. The van der Waals surface area contributed by atoms with Crippen LogP contribution in [0.3, 0.4) is 0 Å². The van der Waals surface area contributed by atoms with E-state index in [2.05, 4.69) is 27.8 Å². The molecule has 1 saturated heterocycles. The summed E-state index contributed by atoms with van der Waals surface area (Å²) in [7, 11) is 0. The Hall–Kier alpha value is -0.840. The maximum atomic E-state index is 12.6. The first kappa shape index (κ1) is 13.6. The highest BCUT2D eigenvalue weighted by Gasteiger charge is 2.54. The summed E-state index contributed by atoms with van der Waals surface area (Å²) in [5.74, 6) is 0.273. The van der Waals surface area contributed by atoms with Crippen molar-refractivity contribution < 1.29 is 9.59 Å². The molecule has 4 nitrogen and oxygen atoms in total. The summed E-state index contributed by atoms with van der Waals surface area (Å²) in [4.78, 5) is 26.4. The minimum Gasteiger partial charge on any atom is -0.340 e. The van der Waals surface area contributed by atoms with E-state index in [1.54, 1.807) is 4.90 Å². The zero-order chi connectivity index (χ0) is 13.5. The van der Waals surface area contributed by atoms with Crippen LogP contribution in [-0.2, 0) is 9.59 Å². The van der Waals surface area contributed by atoms with Gasteiger partial charge in [0.2, 0.25) is 11.8 Å². The summed E-state index contributed by atoms with van der Waals surface area (Å²) in [6, 6.07) is -0.376. The van der Waals surface area contributed by atoms with Crippen molar-refractivity contribution in [2.24, 2.45) is 5.92 Å². The topological polar surface area (TPSA) is 49.4 Å². The molecule has 0 bridgehead atoms. The molecule has 100 valence electrons. The number of hydrogen-bond acceptors (Lipinski definition) is 2. The van der Waals surface area contributed by atoms with Crippen molar-refractivity contribution in [3.05, 3.63) is 11.1 Å². The Morgan fingerprint density at radius 2 is 2.17 bits per heavy atom. The molecule has 1 N–H and O–H groups in total. The minimum atomic E-state index is -0.717. The standard InChI is InChI=1S/C13H19BrN2O2/c1-4-10-11(17)15-13(3,9-5-6-9)12(18)16(10)7-8(2)14/h9-10H,2,4-7H2,1,3H3,(H,15,17). The number of nitrogens with one attached hydrogen (secondary N) is 1. The van der Waals surface area contributed by atoms with Gasteiger partial charge in [-0.2, -0.15) is 0 Å². The number of piperazine rings is 1. The SMILES string of the molecule is C=C(Br)CN1C(=O)C(C)(C2CC2)NC(=O)C1CC. The number of halogens is 1. The van der Waals surface area contributed by atoms with E-state index in [9.17, 15) is 9.59 Å². The Labute approximate surface area is 116 Å². The molecule has 2 atom stereocenters. The van der Waals surface area contributed by atoms with Gasteiger partial charge >= 0.3 is 0 Å². The maximum absolute atomic E-state index is 12.6.